The van der Waals surface area contributed by atoms with Gasteiger partial charge in [-0.15, -0.1) is 10.2 Å². The normalized spacial score (nSPS) is 11.1. The Morgan fingerprint density at radius 3 is 2.32 bits per heavy atom. The topological polar surface area (TPSA) is 106 Å². The van der Waals surface area contributed by atoms with Crippen LogP contribution in [-0.2, 0) is 10.0 Å². The van der Waals surface area contributed by atoms with Crippen LogP contribution in [0.5, 0.6) is 0 Å². The average Bonchev–Trinajstić information content (AvgIpc) is 3.08. The first kappa shape index (κ1) is 16.7. The molecule has 0 saturated carbocycles. The van der Waals surface area contributed by atoms with E-state index in [0.717, 1.165) is 5.56 Å². The lowest BCUT2D eigenvalue weighted by Crippen LogP contribution is -2.23. The van der Waals surface area contributed by atoms with Crippen LogP contribution in [0.4, 0.5) is 5.69 Å². The molecule has 2 aromatic carbocycles. The lowest BCUT2D eigenvalue weighted by atomic mass is 10.2. The smallest absolute Gasteiger partial charge is 0.272 e. The third-order valence-corrected chi connectivity index (χ3v) is 4.78. The maximum absolute atomic E-state index is 12.5. The van der Waals surface area contributed by atoms with Crippen molar-refractivity contribution in [2.45, 2.75) is 11.8 Å². The first-order valence-electron chi connectivity index (χ1n) is 7.30. The highest BCUT2D eigenvalue weighted by Crippen LogP contribution is 2.20. The average molecular weight is 357 g/mol. The molecule has 0 fully saturated rings. The molecular formula is C16H15N5O3S. The number of rotatable bonds is 5. The second-order valence-corrected chi connectivity index (χ2v) is 6.96. The van der Waals surface area contributed by atoms with Gasteiger partial charge in [-0.3, -0.25) is 14.9 Å². The molecular weight excluding hydrogens is 342 g/mol. The summed E-state index contributed by atoms with van der Waals surface area (Å²) in [6.07, 6.45) is 2.63. The van der Waals surface area contributed by atoms with Gasteiger partial charge in [0.25, 0.3) is 15.9 Å². The van der Waals surface area contributed by atoms with Crippen LogP contribution in [0.25, 0.3) is 0 Å². The second kappa shape index (κ2) is 6.73. The van der Waals surface area contributed by atoms with E-state index in [1.54, 1.807) is 24.3 Å². The van der Waals surface area contributed by atoms with Gasteiger partial charge in [-0.05, 0) is 31.2 Å². The highest BCUT2D eigenvalue weighted by molar-refractivity contribution is 7.92. The van der Waals surface area contributed by atoms with Gasteiger partial charge in [-0.2, -0.15) is 0 Å². The van der Waals surface area contributed by atoms with Crippen molar-refractivity contribution in [2.75, 3.05) is 10.1 Å². The van der Waals surface area contributed by atoms with Crippen molar-refractivity contribution in [1.82, 2.24) is 14.9 Å². The van der Waals surface area contributed by atoms with Crippen LogP contribution in [0.1, 0.15) is 15.9 Å². The Hall–Kier alpha value is -3.20. The predicted molar refractivity (Wildman–Crippen MR) is 92.1 cm³/mol. The quantitative estimate of drug-likeness (QED) is 0.724. The molecule has 25 heavy (non-hydrogen) atoms. The molecule has 3 rings (SSSR count). The Bertz CT molecular complexity index is 983. The van der Waals surface area contributed by atoms with E-state index in [0.29, 0.717) is 0 Å². The Morgan fingerprint density at radius 2 is 1.64 bits per heavy atom. The number of para-hydroxylation sites is 1. The SMILES string of the molecule is Cc1ccc(S(=O)(=O)Nc2ccccc2C(=O)Nn2cnnc2)cc1. The van der Waals surface area contributed by atoms with E-state index in [1.165, 1.54) is 41.6 Å². The molecule has 1 heterocycles. The summed E-state index contributed by atoms with van der Waals surface area (Å²) in [5, 5.41) is 7.17. The van der Waals surface area contributed by atoms with Crippen LogP contribution in [0, 0.1) is 6.92 Å². The van der Waals surface area contributed by atoms with Crippen LogP contribution >= 0.6 is 0 Å². The van der Waals surface area contributed by atoms with Crippen molar-refractivity contribution in [3.05, 3.63) is 72.3 Å². The van der Waals surface area contributed by atoms with E-state index < -0.39 is 15.9 Å². The summed E-state index contributed by atoms with van der Waals surface area (Å²) in [5.41, 5.74) is 3.83. The third kappa shape index (κ3) is 3.83. The highest BCUT2D eigenvalue weighted by Gasteiger charge is 2.18. The van der Waals surface area contributed by atoms with Crippen LogP contribution in [-0.4, -0.2) is 29.2 Å². The fourth-order valence-electron chi connectivity index (χ4n) is 2.13. The van der Waals surface area contributed by atoms with E-state index >= 15 is 0 Å². The van der Waals surface area contributed by atoms with Crippen LogP contribution in [0.2, 0.25) is 0 Å². The summed E-state index contributed by atoms with van der Waals surface area (Å²) in [6.45, 7) is 1.87. The number of benzene rings is 2. The predicted octanol–water partition coefficient (Wildman–Crippen LogP) is 1.77. The van der Waals surface area contributed by atoms with Crippen molar-refractivity contribution >= 4 is 21.6 Å². The van der Waals surface area contributed by atoms with Crippen molar-refractivity contribution in [3.63, 3.8) is 0 Å². The Morgan fingerprint density at radius 1 is 1.00 bits per heavy atom. The van der Waals surface area contributed by atoms with Gasteiger partial charge in [0, 0.05) is 0 Å². The number of aromatic nitrogens is 3. The van der Waals surface area contributed by atoms with Crippen molar-refractivity contribution in [2.24, 2.45) is 0 Å². The molecule has 128 valence electrons. The van der Waals surface area contributed by atoms with Gasteiger partial charge in [0.1, 0.15) is 12.7 Å². The molecule has 1 aromatic heterocycles. The van der Waals surface area contributed by atoms with Gasteiger partial charge in [-0.25, -0.2) is 13.1 Å². The molecule has 0 saturated heterocycles. The first-order valence-corrected chi connectivity index (χ1v) is 8.78. The number of carbonyl (C=O) groups is 1. The molecule has 3 aromatic rings. The second-order valence-electron chi connectivity index (χ2n) is 5.27. The fraction of sp³-hybridized carbons (Fsp3) is 0.0625. The minimum atomic E-state index is -3.81. The number of amides is 1. The molecule has 8 nitrogen and oxygen atoms in total. The lowest BCUT2D eigenvalue weighted by Gasteiger charge is -2.13. The van der Waals surface area contributed by atoms with Crippen molar-refractivity contribution < 1.29 is 13.2 Å². The van der Waals surface area contributed by atoms with E-state index in [4.69, 9.17) is 0 Å². The molecule has 0 aliphatic carbocycles. The minimum Gasteiger partial charge on any atom is -0.279 e. The van der Waals surface area contributed by atoms with Gasteiger partial charge < -0.3 is 0 Å². The fourth-order valence-corrected chi connectivity index (χ4v) is 3.21. The van der Waals surface area contributed by atoms with Gasteiger partial charge in [0.05, 0.1) is 16.1 Å². The number of carbonyl (C=O) groups excluding carboxylic acids is 1. The maximum Gasteiger partial charge on any atom is 0.272 e. The number of hydrogen-bond acceptors (Lipinski definition) is 5. The Balaban J connectivity index is 1.88. The molecule has 0 unspecified atom stereocenters. The summed E-state index contributed by atoms with van der Waals surface area (Å²) < 4.78 is 28.8. The van der Waals surface area contributed by atoms with E-state index in [1.807, 2.05) is 6.92 Å². The molecule has 0 spiro atoms. The molecule has 0 aliphatic rings. The molecule has 0 aliphatic heterocycles. The number of sulfonamides is 1. The molecule has 1 amide bonds. The molecule has 0 bridgehead atoms. The number of nitrogens with zero attached hydrogens (tertiary/aromatic N) is 3. The van der Waals surface area contributed by atoms with Crippen molar-refractivity contribution in [1.29, 1.82) is 0 Å². The monoisotopic (exact) mass is 357 g/mol. The minimum absolute atomic E-state index is 0.118. The summed E-state index contributed by atoms with van der Waals surface area (Å²) in [4.78, 5) is 12.5. The Kier molecular flexibility index (Phi) is 4.48. The summed E-state index contributed by atoms with van der Waals surface area (Å²) >= 11 is 0. The van der Waals surface area contributed by atoms with Crippen molar-refractivity contribution in [3.8, 4) is 0 Å². The first-order chi connectivity index (χ1) is 12.0. The number of hydrogen-bond donors (Lipinski definition) is 2. The third-order valence-electron chi connectivity index (χ3n) is 3.40. The summed E-state index contributed by atoms with van der Waals surface area (Å²) in [6, 6.07) is 12.8. The standard InChI is InChI=1S/C16H15N5O3S/c1-12-6-8-13(9-7-12)25(23,24)20-15-5-3-2-4-14(15)16(22)19-21-10-17-18-11-21/h2-11,20H,1H3,(H,19,22). The Labute approximate surface area is 144 Å². The number of anilines is 1. The van der Waals surface area contributed by atoms with E-state index in [-0.39, 0.29) is 16.1 Å². The number of aryl methyl sites for hydroxylation is 1. The van der Waals surface area contributed by atoms with E-state index in [9.17, 15) is 13.2 Å². The zero-order valence-electron chi connectivity index (χ0n) is 13.2. The van der Waals surface area contributed by atoms with Crippen LogP contribution in [0.15, 0.2) is 66.1 Å². The zero-order valence-corrected chi connectivity index (χ0v) is 14.1. The van der Waals surface area contributed by atoms with E-state index in [2.05, 4.69) is 20.3 Å². The number of nitrogens with one attached hydrogen (secondary N) is 2. The molecule has 2 N–H and O–H groups in total. The largest absolute Gasteiger partial charge is 0.279 e. The van der Waals surface area contributed by atoms with Gasteiger partial charge >= 0.3 is 0 Å². The molecule has 9 heteroatoms. The summed E-state index contributed by atoms with van der Waals surface area (Å²) in [7, 11) is -3.81. The van der Waals surface area contributed by atoms with Gasteiger partial charge in [-0.1, -0.05) is 29.8 Å². The van der Waals surface area contributed by atoms with Crippen LogP contribution < -0.4 is 10.1 Å². The molecule has 0 atom stereocenters. The van der Waals surface area contributed by atoms with Crippen LogP contribution in [0.3, 0.4) is 0 Å². The lowest BCUT2D eigenvalue weighted by molar-refractivity contribution is 0.101. The van der Waals surface area contributed by atoms with Gasteiger partial charge in [0.2, 0.25) is 0 Å². The highest BCUT2D eigenvalue weighted by atomic mass is 32.2. The maximum atomic E-state index is 12.5. The van der Waals surface area contributed by atoms with Gasteiger partial charge in [0.15, 0.2) is 0 Å². The summed E-state index contributed by atoms with van der Waals surface area (Å²) in [5.74, 6) is -0.498. The zero-order chi connectivity index (χ0) is 17.9. The molecule has 0 radical (unpaired) electrons.